The minimum atomic E-state index is -4.59. The molecule has 0 spiro atoms. The van der Waals surface area contributed by atoms with Crippen LogP contribution in [0.4, 0.5) is 29.3 Å². The van der Waals surface area contributed by atoms with E-state index in [0.29, 0.717) is 24.2 Å². The molecule has 0 fully saturated rings. The van der Waals surface area contributed by atoms with Crippen LogP contribution in [0, 0.1) is 0 Å². The predicted molar refractivity (Wildman–Crippen MR) is 141 cm³/mol. The van der Waals surface area contributed by atoms with E-state index in [1.807, 2.05) is 14.1 Å². The molecule has 0 unspecified atom stereocenters. The first-order valence-corrected chi connectivity index (χ1v) is 12.6. The van der Waals surface area contributed by atoms with Gasteiger partial charge in [-0.1, -0.05) is 24.6 Å². The Balaban J connectivity index is 2.13. The second-order valence-electron chi connectivity index (χ2n) is 9.51. The van der Waals surface area contributed by atoms with Crippen LogP contribution in [-0.2, 0) is 15.7 Å². The number of rotatable bonds is 10. The van der Waals surface area contributed by atoms with Crippen molar-refractivity contribution < 1.29 is 27.5 Å². The lowest BCUT2D eigenvalue weighted by atomic mass is 9.92. The summed E-state index contributed by atoms with van der Waals surface area (Å²) >= 11 is 0. The van der Waals surface area contributed by atoms with Crippen molar-refractivity contribution in [2.45, 2.75) is 45.3 Å². The van der Waals surface area contributed by atoms with Gasteiger partial charge < -0.3 is 20.3 Å². The summed E-state index contributed by atoms with van der Waals surface area (Å²) < 4.78 is 45.9. The lowest BCUT2D eigenvalue weighted by molar-refractivity contribution is -0.139. The largest absolute Gasteiger partial charge is 0.463 e. The number of hydrogen-bond acceptors (Lipinski definition) is 5. The summed E-state index contributed by atoms with van der Waals surface area (Å²) in [6.07, 6.45) is -2.19. The molecule has 1 atom stereocenters. The minimum absolute atomic E-state index is 0.0255. The second kappa shape index (κ2) is 12.3. The van der Waals surface area contributed by atoms with Gasteiger partial charge in [0.15, 0.2) is 0 Å². The highest BCUT2D eigenvalue weighted by Gasteiger charge is 2.43. The Morgan fingerprint density at radius 3 is 2.37 bits per heavy atom. The number of hydrogen-bond donors (Lipinski definition) is 1. The Kier molecular flexibility index (Phi) is 9.43. The summed E-state index contributed by atoms with van der Waals surface area (Å²) in [6, 6.07) is 10.1. The molecule has 1 aliphatic rings. The molecule has 2 aromatic rings. The first kappa shape index (κ1) is 29.0. The monoisotopic (exact) mass is 532 g/mol. The van der Waals surface area contributed by atoms with Gasteiger partial charge in [-0.3, -0.25) is 4.90 Å². The summed E-state index contributed by atoms with van der Waals surface area (Å²) in [5.41, 5.74) is 6.62. The highest BCUT2D eigenvalue weighted by atomic mass is 19.4. The van der Waals surface area contributed by atoms with E-state index in [1.165, 1.54) is 17.0 Å². The number of benzene rings is 2. The number of alkyl halides is 3. The zero-order valence-electron chi connectivity index (χ0n) is 22.2. The van der Waals surface area contributed by atoms with Crippen LogP contribution in [-0.4, -0.2) is 55.6 Å². The van der Waals surface area contributed by atoms with Gasteiger partial charge in [0, 0.05) is 17.9 Å². The molecule has 1 heterocycles. The number of ether oxygens (including phenoxy) is 1. The molecule has 206 valence electrons. The van der Waals surface area contributed by atoms with Crippen LogP contribution in [0.25, 0.3) is 0 Å². The molecule has 10 heteroatoms. The SMILES string of the molecule is CCOC(=O)C1=C(C)N(c2cccc(C(F)(F)F)c2)C(=O)N(CCCCCN(C)C)[C@@H]1c1ccc(N)cc1. The van der Waals surface area contributed by atoms with Gasteiger partial charge in [-0.2, -0.15) is 13.2 Å². The van der Waals surface area contributed by atoms with E-state index in [9.17, 15) is 22.8 Å². The van der Waals surface area contributed by atoms with E-state index < -0.39 is 29.8 Å². The number of allylic oxidation sites excluding steroid dienone is 1. The number of unbranched alkanes of at least 4 members (excludes halogenated alkanes) is 2. The van der Waals surface area contributed by atoms with Crippen molar-refractivity contribution in [2.75, 3.05) is 44.4 Å². The van der Waals surface area contributed by atoms with Crippen LogP contribution >= 0.6 is 0 Å². The fourth-order valence-electron chi connectivity index (χ4n) is 4.59. The zero-order valence-corrected chi connectivity index (χ0v) is 22.2. The molecule has 3 rings (SSSR count). The fourth-order valence-corrected chi connectivity index (χ4v) is 4.59. The fraction of sp³-hybridized carbons (Fsp3) is 0.429. The Hall–Kier alpha value is -3.53. The lowest BCUT2D eigenvalue weighted by Crippen LogP contribution is -2.51. The normalized spacial score (nSPS) is 16.4. The smallest absolute Gasteiger partial charge is 0.416 e. The first-order chi connectivity index (χ1) is 18.0. The van der Waals surface area contributed by atoms with Crippen molar-refractivity contribution in [3.8, 4) is 0 Å². The Bertz CT molecular complexity index is 1160. The van der Waals surface area contributed by atoms with Crippen molar-refractivity contribution in [1.29, 1.82) is 0 Å². The molecule has 2 N–H and O–H groups in total. The van der Waals surface area contributed by atoms with Crippen LogP contribution in [0.15, 0.2) is 59.8 Å². The molecule has 7 nitrogen and oxygen atoms in total. The zero-order chi connectivity index (χ0) is 28.0. The van der Waals surface area contributed by atoms with Gasteiger partial charge in [0.25, 0.3) is 0 Å². The minimum Gasteiger partial charge on any atom is -0.463 e. The molecule has 0 bridgehead atoms. The third kappa shape index (κ3) is 6.66. The maximum absolute atomic E-state index is 14.0. The van der Waals surface area contributed by atoms with Gasteiger partial charge in [0.1, 0.15) is 0 Å². The van der Waals surface area contributed by atoms with Crippen molar-refractivity contribution in [3.63, 3.8) is 0 Å². The van der Waals surface area contributed by atoms with E-state index in [-0.39, 0.29) is 23.6 Å². The van der Waals surface area contributed by atoms with Gasteiger partial charge in [0.2, 0.25) is 0 Å². The van der Waals surface area contributed by atoms with Gasteiger partial charge in [0.05, 0.1) is 29.5 Å². The Labute approximate surface area is 221 Å². The Morgan fingerprint density at radius 2 is 1.76 bits per heavy atom. The molecular formula is C28H35F3N4O3. The quantitative estimate of drug-likeness (QED) is 0.236. The predicted octanol–water partition coefficient (Wildman–Crippen LogP) is 5.84. The molecule has 1 aliphatic heterocycles. The standard InChI is InChI=1S/C28H35F3N4O3/c1-5-38-26(36)24-19(2)35(23-11-9-10-21(18-23)28(29,30)31)27(37)34(17-8-6-7-16-33(3)4)25(24)20-12-14-22(32)15-13-20/h9-15,18,25H,5-8,16-17,32H2,1-4H3/t25-/m1/s1. The molecular weight excluding hydrogens is 497 g/mol. The molecule has 0 aromatic heterocycles. The average Bonchev–Trinajstić information content (AvgIpc) is 2.85. The summed E-state index contributed by atoms with van der Waals surface area (Å²) in [5.74, 6) is -0.631. The first-order valence-electron chi connectivity index (χ1n) is 12.6. The molecule has 38 heavy (non-hydrogen) atoms. The summed E-state index contributed by atoms with van der Waals surface area (Å²) in [5, 5.41) is 0. The lowest BCUT2D eigenvalue weighted by Gasteiger charge is -2.43. The van der Waals surface area contributed by atoms with Crippen LogP contribution in [0.1, 0.15) is 50.3 Å². The van der Waals surface area contributed by atoms with Crippen molar-refractivity contribution in [1.82, 2.24) is 9.80 Å². The van der Waals surface area contributed by atoms with Crippen LogP contribution < -0.4 is 10.6 Å². The van der Waals surface area contributed by atoms with Gasteiger partial charge in [-0.05, 0) is 83.2 Å². The number of urea groups is 1. The third-order valence-corrected chi connectivity index (χ3v) is 6.43. The van der Waals surface area contributed by atoms with Crippen LogP contribution in [0.5, 0.6) is 0 Å². The summed E-state index contributed by atoms with van der Waals surface area (Å²) in [4.78, 5) is 32.1. The van der Waals surface area contributed by atoms with E-state index >= 15 is 0 Å². The second-order valence-corrected chi connectivity index (χ2v) is 9.51. The molecule has 0 saturated carbocycles. The molecule has 2 aromatic carbocycles. The maximum atomic E-state index is 14.0. The van der Waals surface area contributed by atoms with Crippen molar-refractivity contribution in [2.24, 2.45) is 0 Å². The van der Waals surface area contributed by atoms with E-state index in [2.05, 4.69) is 4.90 Å². The third-order valence-electron chi connectivity index (χ3n) is 6.43. The van der Waals surface area contributed by atoms with Crippen molar-refractivity contribution >= 4 is 23.4 Å². The maximum Gasteiger partial charge on any atom is 0.416 e. The molecule has 0 aliphatic carbocycles. The summed E-state index contributed by atoms with van der Waals surface area (Å²) in [6.45, 7) is 4.52. The number of esters is 1. The number of halogens is 3. The highest BCUT2D eigenvalue weighted by Crippen LogP contribution is 2.41. The van der Waals surface area contributed by atoms with Gasteiger partial charge in [-0.15, -0.1) is 0 Å². The van der Waals surface area contributed by atoms with E-state index in [4.69, 9.17) is 10.5 Å². The molecule has 0 radical (unpaired) electrons. The Morgan fingerprint density at radius 1 is 1.08 bits per heavy atom. The van der Waals surface area contributed by atoms with Gasteiger partial charge >= 0.3 is 18.2 Å². The number of nitrogen functional groups attached to an aromatic ring is 1. The average molecular weight is 533 g/mol. The van der Waals surface area contributed by atoms with Gasteiger partial charge in [-0.25, -0.2) is 9.59 Å². The van der Waals surface area contributed by atoms with Crippen LogP contribution in [0.3, 0.4) is 0 Å². The number of carbonyl (C=O) groups is 2. The number of carbonyl (C=O) groups excluding carboxylic acids is 2. The molecule has 2 amide bonds. The van der Waals surface area contributed by atoms with Crippen molar-refractivity contribution in [3.05, 3.63) is 70.9 Å². The number of amides is 2. The van der Waals surface area contributed by atoms with Crippen LogP contribution in [0.2, 0.25) is 0 Å². The highest BCUT2D eigenvalue weighted by molar-refractivity contribution is 6.03. The number of anilines is 2. The number of nitrogens with zero attached hydrogens (tertiary/aromatic N) is 3. The topological polar surface area (TPSA) is 79.1 Å². The van der Waals surface area contributed by atoms with E-state index in [1.54, 1.807) is 43.0 Å². The summed E-state index contributed by atoms with van der Waals surface area (Å²) in [7, 11) is 3.97. The van der Waals surface area contributed by atoms with E-state index in [0.717, 1.165) is 31.5 Å². The molecule has 0 saturated heterocycles. The number of nitrogens with two attached hydrogens (primary N) is 1.